The molecule has 0 aromatic heterocycles. The topological polar surface area (TPSA) is 74.4 Å². The molecule has 0 fully saturated rings. The van der Waals surface area contributed by atoms with Crippen molar-refractivity contribution >= 4 is 34.6 Å². The standard InChI is InChI=1S/C17H20N4O2S/c1-12-5-3-4-6-15(12)19-17(24)21-20-16(22)11-18-13-7-9-14(23-2)10-8-13/h3-10,18H,11H2,1-2H3,(H,20,22)(H2,19,21,24). The van der Waals surface area contributed by atoms with Gasteiger partial charge in [-0.25, -0.2) is 0 Å². The van der Waals surface area contributed by atoms with E-state index in [9.17, 15) is 4.79 Å². The van der Waals surface area contributed by atoms with E-state index in [-0.39, 0.29) is 12.5 Å². The number of carbonyl (C=O) groups is 1. The van der Waals surface area contributed by atoms with Gasteiger partial charge in [-0.1, -0.05) is 18.2 Å². The fourth-order valence-corrected chi connectivity index (χ4v) is 2.09. The van der Waals surface area contributed by atoms with Gasteiger partial charge in [0.2, 0.25) is 0 Å². The summed E-state index contributed by atoms with van der Waals surface area (Å²) in [7, 11) is 1.61. The quantitative estimate of drug-likeness (QED) is 0.493. The Morgan fingerprint density at radius 1 is 1.08 bits per heavy atom. The molecule has 24 heavy (non-hydrogen) atoms. The van der Waals surface area contributed by atoms with E-state index in [0.717, 1.165) is 22.7 Å². The second-order valence-corrected chi connectivity index (χ2v) is 5.43. The third kappa shape index (κ3) is 5.44. The van der Waals surface area contributed by atoms with Crippen LogP contribution in [0.5, 0.6) is 5.75 Å². The summed E-state index contributed by atoms with van der Waals surface area (Å²) in [6.07, 6.45) is 0. The number of hydrazine groups is 1. The number of methoxy groups -OCH3 is 1. The van der Waals surface area contributed by atoms with E-state index in [4.69, 9.17) is 17.0 Å². The average Bonchev–Trinajstić information content (AvgIpc) is 2.60. The first-order chi connectivity index (χ1) is 11.6. The summed E-state index contributed by atoms with van der Waals surface area (Å²) in [5.74, 6) is 0.527. The number of rotatable bonds is 5. The van der Waals surface area contributed by atoms with E-state index >= 15 is 0 Å². The number of benzene rings is 2. The van der Waals surface area contributed by atoms with Crippen molar-refractivity contribution in [1.29, 1.82) is 0 Å². The molecule has 0 heterocycles. The Morgan fingerprint density at radius 3 is 2.46 bits per heavy atom. The number of hydrogen-bond acceptors (Lipinski definition) is 4. The van der Waals surface area contributed by atoms with Crippen LogP contribution in [0.15, 0.2) is 48.5 Å². The second-order valence-electron chi connectivity index (χ2n) is 5.02. The highest BCUT2D eigenvalue weighted by atomic mass is 32.1. The minimum atomic E-state index is -0.236. The molecule has 7 heteroatoms. The molecule has 2 rings (SSSR count). The van der Waals surface area contributed by atoms with E-state index < -0.39 is 0 Å². The lowest BCUT2D eigenvalue weighted by Gasteiger charge is -2.13. The van der Waals surface area contributed by atoms with Crippen molar-refractivity contribution in [1.82, 2.24) is 10.9 Å². The zero-order chi connectivity index (χ0) is 17.4. The molecule has 0 saturated carbocycles. The molecule has 0 aliphatic carbocycles. The number of thiocarbonyl (C=S) groups is 1. The molecule has 2 aromatic carbocycles. The summed E-state index contributed by atoms with van der Waals surface area (Å²) in [6, 6.07) is 15.1. The predicted octanol–water partition coefficient (Wildman–Crippen LogP) is 2.43. The third-order valence-electron chi connectivity index (χ3n) is 3.25. The first kappa shape index (κ1) is 17.6. The lowest BCUT2D eigenvalue weighted by atomic mass is 10.2. The molecule has 0 radical (unpaired) electrons. The highest BCUT2D eigenvalue weighted by Crippen LogP contribution is 2.14. The summed E-state index contributed by atoms with van der Waals surface area (Å²) >= 11 is 5.15. The molecule has 126 valence electrons. The maximum Gasteiger partial charge on any atom is 0.257 e. The Balaban J connectivity index is 1.72. The number of para-hydroxylation sites is 1. The van der Waals surface area contributed by atoms with Gasteiger partial charge < -0.3 is 15.4 Å². The third-order valence-corrected chi connectivity index (χ3v) is 3.46. The predicted molar refractivity (Wildman–Crippen MR) is 100 cm³/mol. The van der Waals surface area contributed by atoms with Crippen molar-refractivity contribution in [3.8, 4) is 5.75 Å². The van der Waals surface area contributed by atoms with Gasteiger partial charge in [-0.2, -0.15) is 0 Å². The van der Waals surface area contributed by atoms with E-state index in [0.29, 0.717) is 5.11 Å². The smallest absolute Gasteiger partial charge is 0.257 e. The van der Waals surface area contributed by atoms with Crippen molar-refractivity contribution in [3.63, 3.8) is 0 Å². The number of amides is 1. The van der Waals surface area contributed by atoms with Gasteiger partial charge in [0.15, 0.2) is 5.11 Å². The fourth-order valence-electron chi connectivity index (χ4n) is 1.93. The van der Waals surface area contributed by atoms with E-state index in [1.807, 2.05) is 55.5 Å². The van der Waals surface area contributed by atoms with Crippen molar-refractivity contribution in [2.24, 2.45) is 0 Å². The van der Waals surface area contributed by atoms with Gasteiger partial charge in [0, 0.05) is 11.4 Å². The van der Waals surface area contributed by atoms with Gasteiger partial charge in [0.25, 0.3) is 5.91 Å². The SMILES string of the molecule is COc1ccc(NCC(=O)NNC(=S)Nc2ccccc2C)cc1. The zero-order valence-corrected chi connectivity index (χ0v) is 14.4. The molecular weight excluding hydrogens is 324 g/mol. The van der Waals surface area contributed by atoms with Crippen molar-refractivity contribution in [2.45, 2.75) is 6.92 Å². The molecule has 0 aliphatic rings. The number of nitrogens with one attached hydrogen (secondary N) is 4. The van der Waals surface area contributed by atoms with E-state index in [1.165, 1.54) is 0 Å². The number of ether oxygens (including phenoxy) is 1. The van der Waals surface area contributed by atoms with Crippen LogP contribution >= 0.6 is 12.2 Å². The minimum Gasteiger partial charge on any atom is -0.497 e. The molecule has 2 aromatic rings. The molecule has 0 bridgehead atoms. The van der Waals surface area contributed by atoms with Crippen LogP contribution in [0.25, 0.3) is 0 Å². The second kappa shape index (κ2) is 8.73. The maximum absolute atomic E-state index is 11.8. The molecule has 6 nitrogen and oxygen atoms in total. The molecule has 0 unspecified atom stereocenters. The van der Waals surface area contributed by atoms with Gasteiger partial charge in [-0.05, 0) is 55.0 Å². The summed E-state index contributed by atoms with van der Waals surface area (Å²) < 4.78 is 5.08. The van der Waals surface area contributed by atoms with Gasteiger partial charge in [0.05, 0.1) is 13.7 Å². The van der Waals surface area contributed by atoms with Crippen LogP contribution in [0.3, 0.4) is 0 Å². The normalized spacial score (nSPS) is 9.75. The molecule has 0 atom stereocenters. The lowest BCUT2D eigenvalue weighted by Crippen LogP contribution is -2.45. The largest absolute Gasteiger partial charge is 0.497 e. The molecule has 1 amide bonds. The van der Waals surface area contributed by atoms with E-state index in [1.54, 1.807) is 7.11 Å². The fraction of sp³-hybridized carbons (Fsp3) is 0.176. The molecular formula is C17H20N4O2S. The first-order valence-electron chi connectivity index (χ1n) is 7.38. The monoisotopic (exact) mass is 344 g/mol. The molecule has 0 spiro atoms. The average molecular weight is 344 g/mol. The first-order valence-corrected chi connectivity index (χ1v) is 7.78. The Kier molecular flexibility index (Phi) is 6.39. The molecule has 4 N–H and O–H groups in total. The van der Waals surface area contributed by atoms with Crippen LogP contribution < -0.4 is 26.2 Å². The van der Waals surface area contributed by atoms with Crippen LogP contribution in [0.4, 0.5) is 11.4 Å². The highest BCUT2D eigenvalue weighted by molar-refractivity contribution is 7.80. The Hall–Kier alpha value is -2.80. The lowest BCUT2D eigenvalue weighted by molar-refractivity contribution is -0.119. The van der Waals surface area contributed by atoms with Crippen LogP contribution in [-0.4, -0.2) is 24.7 Å². The number of aryl methyl sites for hydroxylation is 1. The van der Waals surface area contributed by atoms with Crippen molar-refractivity contribution in [2.75, 3.05) is 24.3 Å². The van der Waals surface area contributed by atoms with Crippen molar-refractivity contribution < 1.29 is 9.53 Å². The minimum absolute atomic E-state index is 0.117. The highest BCUT2D eigenvalue weighted by Gasteiger charge is 2.04. The Bertz CT molecular complexity index is 704. The van der Waals surface area contributed by atoms with Gasteiger partial charge in [-0.3, -0.25) is 15.6 Å². The number of hydrogen-bond donors (Lipinski definition) is 4. The van der Waals surface area contributed by atoms with Gasteiger partial charge in [0.1, 0.15) is 5.75 Å². The Morgan fingerprint density at radius 2 is 1.79 bits per heavy atom. The van der Waals surface area contributed by atoms with Crippen LogP contribution in [0.1, 0.15) is 5.56 Å². The summed E-state index contributed by atoms with van der Waals surface area (Å²) in [5.41, 5.74) is 7.99. The number of anilines is 2. The van der Waals surface area contributed by atoms with Crippen LogP contribution in [-0.2, 0) is 4.79 Å². The van der Waals surface area contributed by atoms with Crippen LogP contribution in [0, 0.1) is 6.92 Å². The molecule has 0 aliphatic heterocycles. The van der Waals surface area contributed by atoms with Gasteiger partial charge in [-0.15, -0.1) is 0 Å². The molecule has 0 saturated heterocycles. The number of carbonyl (C=O) groups excluding carboxylic acids is 1. The van der Waals surface area contributed by atoms with Gasteiger partial charge >= 0.3 is 0 Å². The zero-order valence-electron chi connectivity index (χ0n) is 13.6. The van der Waals surface area contributed by atoms with Crippen molar-refractivity contribution in [3.05, 3.63) is 54.1 Å². The summed E-state index contributed by atoms with van der Waals surface area (Å²) in [6.45, 7) is 2.09. The van der Waals surface area contributed by atoms with Crippen LogP contribution in [0.2, 0.25) is 0 Å². The maximum atomic E-state index is 11.8. The van der Waals surface area contributed by atoms with E-state index in [2.05, 4.69) is 21.5 Å². The summed E-state index contributed by atoms with van der Waals surface area (Å²) in [5, 5.41) is 6.35. The summed E-state index contributed by atoms with van der Waals surface area (Å²) in [4.78, 5) is 11.8. The Labute approximate surface area is 146 Å².